The maximum atomic E-state index is 11.3. The van der Waals surface area contributed by atoms with Crippen LogP contribution in [0.2, 0.25) is 0 Å². The largest absolute Gasteiger partial charge is 0.481 e. The van der Waals surface area contributed by atoms with Gasteiger partial charge in [0.2, 0.25) is 5.91 Å². The summed E-state index contributed by atoms with van der Waals surface area (Å²) < 4.78 is 0. The molecule has 5 heteroatoms. The van der Waals surface area contributed by atoms with E-state index in [1.54, 1.807) is 0 Å². The molecule has 1 unspecified atom stereocenters. The van der Waals surface area contributed by atoms with Crippen LogP contribution >= 0.6 is 11.8 Å². The number of amides is 1. The van der Waals surface area contributed by atoms with Gasteiger partial charge in [0.25, 0.3) is 0 Å². The molecule has 0 aromatic carbocycles. The monoisotopic (exact) mass is 243 g/mol. The Labute approximate surface area is 99.5 Å². The number of allylic oxidation sites excluding steroid dienone is 2. The van der Waals surface area contributed by atoms with Crippen molar-refractivity contribution in [1.29, 1.82) is 0 Å². The number of nitrogens with one attached hydrogen (secondary N) is 1. The number of carbonyl (C=O) groups excluding carboxylic acids is 1. The van der Waals surface area contributed by atoms with Crippen LogP contribution < -0.4 is 5.32 Å². The number of rotatable bonds is 6. The van der Waals surface area contributed by atoms with Crippen LogP contribution in [0, 0.1) is 5.92 Å². The number of hydrogen-bond donors (Lipinski definition) is 2. The van der Waals surface area contributed by atoms with Crippen molar-refractivity contribution >= 4 is 23.6 Å². The predicted molar refractivity (Wildman–Crippen MR) is 64.5 cm³/mol. The highest BCUT2D eigenvalue weighted by molar-refractivity contribution is 8.00. The molecule has 0 spiro atoms. The van der Waals surface area contributed by atoms with Gasteiger partial charge in [0.05, 0.1) is 11.5 Å². The minimum atomic E-state index is -0.879. The van der Waals surface area contributed by atoms with Crippen molar-refractivity contribution < 1.29 is 14.7 Å². The average molecular weight is 243 g/mol. The van der Waals surface area contributed by atoms with Gasteiger partial charge in [-0.05, 0) is 25.2 Å². The summed E-state index contributed by atoms with van der Waals surface area (Å²) in [5.41, 5.74) is 0. The smallest absolute Gasteiger partial charge is 0.313 e. The lowest BCUT2D eigenvalue weighted by atomic mass is 9.94. The molecule has 0 radical (unpaired) electrons. The number of carboxylic acids is 1. The lowest BCUT2D eigenvalue weighted by molar-refractivity contribution is -0.133. The van der Waals surface area contributed by atoms with E-state index < -0.39 is 5.97 Å². The molecule has 4 nitrogen and oxygen atoms in total. The number of carboxylic acid groups (broad SMARTS) is 1. The highest BCUT2D eigenvalue weighted by Crippen LogP contribution is 2.16. The third-order valence-electron chi connectivity index (χ3n) is 2.42. The third-order valence-corrected chi connectivity index (χ3v) is 3.34. The fraction of sp³-hybridized carbons (Fsp3) is 0.636. The van der Waals surface area contributed by atoms with Crippen LogP contribution in [0.15, 0.2) is 12.2 Å². The standard InChI is InChI=1S/C11H17NO3S/c13-10(7-16-8-11(14)15)12-6-9-4-2-1-3-5-9/h1-2,9H,3-8H2,(H,12,13)(H,14,15). The van der Waals surface area contributed by atoms with E-state index in [2.05, 4.69) is 17.5 Å². The molecule has 1 aliphatic rings. The first-order valence-corrected chi connectivity index (χ1v) is 6.55. The maximum absolute atomic E-state index is 11.3. The fourth-order valence-electron chi connectivity index (χ4n) is 1.58. The molecule has 1 aliphatic carbocycles. The summed E-state index contributed by atoms with van der Waals surface area (Å²) >= 11 is 1.13. The number of aliphatic carboxylic acids is 1. The van der Waals surface area contributed by atoms with Gasteiger partial charge >= 0.3 is 5.97 Å². The fourth-order valence-corrected chi connectivity index (χ4v) is 2.15. The molecule has 90 valence electrons. The number of carbonyl (C=O) groups is 2. The summed E-state index contributed by atoms with van der Waals surface area (Å²) in [5, 5.41) is 11.2. The molecule has 1 rings (SSSR count). The molecule has 0 heterocycles. The van der Waals surface area contributed by atoms with Crippen molar-refractivity contribution in [2.45, 2.75) is 19.3 Å². The van der Waals surface area contributed by atoms with Crippen LogP contribution in [-0.2, 0) is 9.59 Å². The van der Waals surface area contributed by atoms with E-state index in [0.29, 0.717) is 12.5 Å². The van der Waals surface area contributed by atoms with Crippen LogP contribution in [-0.4, -0.2) is 35.0 Å². The zero-order valence-electron chi connectivity index (χ0n) is 9.15. The van der Waals surface area contributed by atoms with Gasteiger partial charge in [0.1, 0.15) is 0 Å². The zero-order valence-corrected chi connectivity index (χ0v) is 9.96. The van der Waals surface area contributed by atoms with Crippen molar-refractivity contribution in [1.82, 2.24) is 5.32 Å². The minimum absolute atomic E-state index is 0.0143. The Morgan fingerprint density at radius 3 is 2.81 bits per heavy atom. The van der Waals surface area contributed by atoms with Crippen LogP contribution in [0.4, 0.5) is 0 Å². The molecule has 0 aromatic heterocycles. The van der Waals surface area contributed by atoms with E-state index in [9.17, 15) is 9.59 Å². The summed E-state index contributed by atoms with van der Waals surface area (Å²) in [6, 6.07) is 0. The molecule has 0 aliphatic heterocycles. The minimum Gasteiger partial charge on any atom is -0.481 e. The molecule has 0 saturated heterocycles. The molecule has 1 amide bonds. The first kappa shape index (κ1) is 13.1. The lowest BCUT2D eigenvalue weighted by Crippen LogP contribution is -2.31. The van der Waals surface area contributed by atoms with Crippen molar-refractivity contribution in [2.24, 2.45) is 5.92 Å². The summed E-state index contributed by atoms with van der Waals surface area (Å²) in [7, 11) is 0. The highest BCUT2D eigenvalue weighted by atomic mass is 32.2. The van der Waals surface area contributed by atoms with E-state index in [-0.39, 0.29) is 17.4 Å². The molecule has 0 saturated carbocycles. The van der Waals surface area contributed by atoms with E-state index in [1.165, 1.54) is 0 Å². The first-order valence-electron chi connectivity index (χ1n) is 5.39. The average Bonchev–Trinajstić information content (AvgIpc) is 2.27. The Bertz CT molecular complexity index is 278. The molecule has 0 aromatic rings. The van der Waals surface area contributed by atoms with Crippen molar-refractivity contribution in [3.05, 3.63) is 12.2 Å². The summed E-state index contributed by atoms with van der Waals surface area (Å²) in [6.07, 6.45) is 7.57. The quantitative estimate of drug-likeness (QED) is 0.690. The van der Waals surface area contributed by atoms with Crippen molar-refractivity contribution in [3.8, 4) is 0 Å². The molecular weight excluding hydrogens is 226 g/mol. The van der Waals surface area contributed by atoms with Crippen molar-refractivity contribution in [2.75, 3.05) is 18.1 Å². The van der Waals surface area contributed by atoms with E-state index in [0.717, 1.165) is 31.0 Å². The summed E-state index contributed by atoms with van der Waals surface area (Å²) in [5.74, 6) is -0.191. The second-order valence-corrected chi connectivity index (χ2v) is 4.83. The van der Waals surface area contributed by atoms with E-state index in [1.807, 2.05) is 0 Å². The van der Waals surface area contributed by atoms with Gasteiger partial charge in [0.15, 0.2) is 0 Å². The topological polar surface area (TPSA) is 66.4 Å². The second-order valence-electron chi connectivity index (χ2n) is 3.84. The Morgan fingerprint density at radius 1 is 1.38 bits per heavy atom. The predicted octanol–water partition coefficient (Wildman–Crippen LogP) is 1.28. The highest BCUT2D eigenvalue weighted by Gasteiger charge is 2.11. The molecule has 16 heavy (non-hydrogen) atoms. The Balaban J connectivity index is 2.05. The van der Waals surface area contributed by atoms with Gasteiger partial charge in [-0.25, -0.2) is 0 Å². The van der Waals surface area contributed by atoms with E-state index in [4.69, 9.17) is 5.11 Å². The Kier molecular flexibility index (Phi) is 6.00. The maximum Gasteiger partial charge on any atom is 0.313 e. The SMILES string of the molecule is O=C(O)CSCC(=O)NCC1CC=CCC1. The van der Waals surface area contributed by atoms with Crippen LogP contribution in [0.5, 0.6) is 0 Å². The molecular formula is C11H17NO3S. The molecule has 0 bridgehead atoms. The van der Waals surface area contributed by atoms with Gasteiger partial charge in [0, 0.05) is 6.54 Å². The van der Waals surface area contributed by atoms with Crippen molar-refractivity contribution in [3.63, 3.8) is 0 Å². The summed E-state index contributed by atoms with van der Waals surface area (Å²) in [6.45, 7) is 0.705. The molecule has 2 N–H and O–H groups in total. The molecule has 1 atom stereocenters. The van der Waals surface area contributed by atoms with Crippen LogP contribution in [0.3, 0.4) is 0 Å². The zero-order chi connectivity index (χ0) is 11.8. The van der Waals surface area contributed by atoms with Gasteiger partial charge in [-0.1, -0.05) is 12.2 Å². The lowest BCUT2D eigenvalue weighted by Gasteiger charge is -2.17. The van der Waals surface area contributed by atoms with Gasteiger partial charge in [-0.15, -0.1) is 11.8 Å². The van der Waals surface area contributed by atoms with Gasteiger partial charge < -0.3 is 10.4 Å². The number of thioether (sulfide) groups is 1. The first-order chi connectivity index (χ1) is 7.68. The Morgan fingerprint density at radius 2 is 2.19 bits per heavy atom. The Hall–Kier alpha value is -0.970. The van der Waals surface area contributed by atoms with Crippen LogP contribution in [0.1, 0.15) is 19.3 Å². The van der Waals surface area contributed by atoms with E-state index >= 15 is 0 Å². The van der Waals surface area contributed by atoms with Crippen LogP contribution in [0.25, 0.3) is 0 Å². The normalized spacial score (nSPS) is 19.4. The third kappa shape index (κ3) is 5.80. The van der Waals surface area contributed by atoms with Gasteiger partial charge in [-0.3, -0.25) is 9.59 Å². The second kappa shape index (κ2) is 7.33. The number of hydrogen-bond acceptors (Lipinski definition) is 3. The molecule has 0 fully saturated rings. The summed E-state index contributed by atoms with van der Waals surface area (Å²) in [4.78, 5) is 21.6. The van der Waals surface area contributed by atoms with Gasteiger partial charge in [-0.2, -0.15) is 0 Å².